The zero-order valence-electron chi connectivity index (χ0n) is 14.0. The number of Topliss-reactive ketones (excluding diaryl/α,β-unsaturated/α-hetero) is 1. The molecule has 1 aliphatic rings. The van der Waals surface area contributed by atoms with Crippen LogP contribution in [0.4, 0.5) is 5.69 Å². The smallest absolute Gasteiger partial charge is 0.168 e. The van der Waals surface area contributed by atoms with Gasteiger partial charge in [-0.25, -0.2) is 0 Å². The Kier molecular flexibility index (Phi) is 4.61. The van der Waals surface area contributed by atoms with Crippen LogP contribution in [0.3, 0.4) is 0 Å². The monoisotopic (exact) mass is 319 g/mol. The van der Waals surface area contributed by atoms with Crippen molar-refractivity contribution in [3.05, 3.63) is 76.6 Å². The third kappa shape index (κ3) is 3.62. The second kappa shape index (κ2) is 6.83. The molecule has 0 radical (unpaired) electrons. The van der Waals surface area contributed by atoms with Crippen molar-refractivity contribution in [3.63, 3.8) is 0 Å². The molecule has 0 saturated carbocycles. The molecular formula is C21H21NO2. The van der Waals surface area contributed by atoms with E-state index in [0.29, 0.717) is 18.4 Å². The maximum Gasteiger partial charge on any atom is 0.168 e. The Hall–Kier alpha value is -2.68. The number of hydrogen-bond donors (Lipinski definition) is 1. The molecule has 0 amide bonds. The molecule has 0 saturated heterocycles. The van der Waals surface area contributed by atoms with Crippen LogP contribution in [0.15, 0.2) is 64.9 Å². The lowest BCUT2D eigenvalue weighted by molar-refractivity contribution is -0.116. The van der Waals surface area contributed by atoms with Crippen molar-refractivity contribution in [2.24, 2.45) is 4.99 Å². The topological polar surface area (TPSA) is 49.7 Å². The highest BCUT2D eigenvalue weighted by Gasteiger charge is 2.27. The quantitative estimate of drug-likeness (QED) is 0.812. The highest BCUT2D eigenvalue weighted by Crippen LogP contribution is 2.33. The number of aliphatic imine (C=N–C) groups is 1. The van der Waals surface area contributed by atoms with Gasteiger partial charge >= 0.3 is 0 Å². The maximum atomic E-state index is 12.4. The predicted octanol–water partition coefficient (Wildman–Crippen LogP) is 4.96. The van der Waals surface area contributed by atoms with E-state index in [4.69, 9.17) is 0 Å². The molecule has 1 atom stereocenters. The number of aliphatic hydroxyl groups is 1. The fourth-order valence-electron chi connectivity index (χ4n) is 2.90. The molecule has 122 valence electrons. The van der Waals surface area contributed by atoms with Gasteiger partial charge in [0.2, 0.25) is 0 Å². The summed E-state index contributed by atoms with van der Waals surface area (Å²) in [6.45, 7) is 4.05. The van der Waals surface area contributed by atoms with Gasteiger partial charge in [0.25, 0.3) is 0 Å². The van der Waals surface area contributed by atoms with Crippen molar-refractivity contribution in [2.45, 2.75) is 32.6 Å². The zero-order chi connectivity index (χ0) is 17.1. The molecule has 0 fully saturated rings. The van der Waals surface area contributed by atoms with Crippen LogP contribution < -0.4 is 0 Å². The van der Waals surface area contributed by atoms with E-state index in [2.05, 4.69) is 4.99 Å². The first-order chi connectivity index (χ1) is 11.5. The van der Waals surface area contributed by atoms with Crippen LogP contribution in [0.1, 0.15) is 35.4 Å². The second-order valence-corrected chi connectivity index (χ2v) is 6.39. The Morgan fingerprint density at radius 1 is 0.958 bits per heavy atom. The Morgan fingerprint density at radius 2 is 1.54 bits per heavy atom. The van der Waals surface area contributed by atoms with E-state index < -0.39 is 0 Å². The number of ketones is 1. The van der Waals surface area contributed by atoms with Gasteiger partial charge in [-0.05, 0) is 37.5 Å². The third-order valence-corrected chi connectivity index (χ3v) is 4.41. The van der Waals surface area contributed by atoms with E-state index in [1.807, 2.05) is 62.4 Å². The molecule has 1 N–H and O–H groups in total. The number of rotatable bonds is 3. The van der Waals surface area contributed by atoms with Gasteiger partial charge in [0.15, 0.2) is 5.78 Å². The number of benzene rings is 2. The minimum atomic E-state index is -0.0554. The Bertz CT molecular complexity index is 799. The van der Waals surface area contributed by atoms with Crippen LogP contribution >= 0.6 is 0 Å². The highest BCUT2D eigenvalue weighted by atomic mass is 16.3. The molecule has 0 heterocycles. The average Bonchev–Trinajstić information content (AvgIpc) is 2.56. The molecule has 0 bridgehead atoms. The standard InChI is InChI=1S/C21H21NO2/c1-14-3-7-16(8-4-14)17-11-20(23)19(21(24)12-17)13-22-18-9-5-15(2)6-10-18/h3-10,13,17,23H,11-12H2,1-2H3. The normalized spacial score (nSPS) is 18.4. The summed E-state index contributed by atoms with van der Waals surface area (Å²) in [5, 5.41) is 10.3. The van der Waals surface area contributed by atoms with Crippen LogP contribution in [-0.4, -0.2) is 17.1 Å². The SMILES string of the molecule is Cc1ccc(N=CC2=C(O)CC(c3ccc(C)cc3)CC2=O)cc1. The molecule has 3 nitrogen and oxygen atoms in total. The van der Waals surface area contributed by atoms with Gasteiger partial charge in [0, 0.05) is 19.1 Å². The van der Waals surface area contributed by atoms with Gasteiger partial charge < -0.3 is 5.11 Å². The molecular weight excluding hydrogens is 298 g/mol. The summed E-state index contributed by atoms with van der Waals surface area (Å²) >= 11 is 0. The third-order valence-electron chi connectivity index (χ3n) is 4.41. The summed E-state index contributed by atoms with van der Waals surface area (Å²) in [6.07, 6.45) is 2.38. The van der Waals surface area contributed by atoms with Crippen LogP contribution in [0, 0.1) is 13.8 Å². The first kappa shape index (κ1) is 16.2. The Morgan fingerprint density at radius 3 is 2.12 bits per heavy atom. The molecule has 0 aliphatic heterocycles. The van der Waals surface area contributed by atoms with Gasteiger partial charge in [-0.3, -0.25) is 9.79 Å². The summed E-state index contributed by atoms with van der Waals surface area (Å²) < 4.78 is 0. The first-order valence-electron chi connectivity index (χ1n) is 8.15. The zero-order valence-corrected chi connectivity index (χ0v) is 14.0. The van der Waals surface area contributed by atoms with E-state index in [0.717, 1.165) is 16.8 Å². The number of carbonyl (C=O) groups is 1. The fourth-order valence-corrected chi connectivity index (χ4v) is 2.90. The lowest BCUT2D eigenvalue weighted by Gasteiger charge is -2.22. The van der Waals surface area contributed by atoms with Crippen molar-refractivity contribution in [1.82, 2.24) is 0 Å². The number of carbonyl (C=O) groups excluding carboxylic acids is 1. The van der Waals surface area contributed by atoms with Crippen molar-refractivity contribution < 1.29 is 9.90 Å². The van der Waals surface area contributed by atoms with Crippen LogP contribution in [0.25, 0.3) is 0 Å². The van der Waals surface area contributed by atoms with Crippen LogP contribution in [-0.2, 0) is 4.79 Å². The summed E-state index contributed by atoms with van der Waals surface area (Å²) in [5.41, 5.74) is 4.54. The lowest BCUT2D eigenvalue weighted by Crippen LogP contribution is -2.19. The van der Waals surface area contributed by atoms with Gasteiger partial charge in [-0.1, -0.05) is 47.5 Å². The summed E-state index contributed by atoms with van der Waals surface area (Å²) in [5.74, 6) is 0.113. The first-order valence-corrected chi connectivity index (χ1v) is 8.15. The van der Waals surface area contributed by atoms with E-state index in [-0.39, 0.29) is 17.5 Å². The minimum Gasteiger partial charge on any atom is -0.511 e. The molecule has 1 unspecified atom stereocenters. The van der Waals surface area contributed by atoms with Crippen molar-refractivity contribution in [1.29, 1.82) is 0 Å². The summed E-state index contributed by atoms with van der Waals surface area (Å²) in [6, 6.07) is 15.9. The number of hydrogen-bond acceptors (Lipinski definition) is 3. The van der Waals surface area contributed by atoms with Crippen LogP contribution in [0.5, 0.6) is 0 Å². The molecule has 1 aliphatic carbocycles. The molecule has 2 aromatic rings. The average molecular weight is 319 g/mol. The van der Waals surface area contributed by atoms with Crippen LogP contribution in [0.2, 0.25) is 0 Å². The van der Waals surface area contributed by atoms with Gasteiger partial charge in [0.05, 0.1) is 11.3 Å². The van der Waals surface area contributed by atoms with Gasteiger partial charge in [-0.15, -0.1) is 0 Å². The number of aryl methyl sites for hydroxylation is 2. The van der Waals surface area contributed by atoms with Gasteiger partial charge in [-0.2, -0.15) is 0 Å². The highest BCUT2D eigenvalue weighted by molar-refractivity contribution is 6.15. The molecule has 24 heavy (non-hydrogen) atoms. The number of aliphatic hydroxyl groups excluding tert-OH is 1. The van der Waals surface area contributed by atoms with E-state index in [1.54, 1.807) is 0 Å². The van der Waals surface area contributed by atoms with E-state index in [9.17, 15) is 9.90 Å². The number of allylic oxidation sites excluding steroid dienone is 2. The Balaban J connectivity index is 1.79. The van der Waals surface area contributed by atoms with E-state index >= 15 is 0 Å². The molecule has 3 heteroatoms. The molecule has 0 spiro atoms. The van der Waals surface area contributed by atoms with Crippen molar-refractivity contribution >= 4 is 17.7 Å². The summed E-state index contributed by atoms with van der Waals surface area (Å²) in [4.78, 5) is 16.7. The minimum absolute atomic E-state index is 0.0367. The molecule has 3 rings (SSSR count). The predicted molar refractivity (Wildman–Crippen MR) is 97.1 cm³/mol. The van der Waals surface area contributed by atoms with Crippen molar-refractivity contribution in [3.8, 4) is 0 Å². The van der Waals surface area contributed by atoms with Crippen molar-refractivity contribution in [2.75, 3.05) is 0 Å². The molecule has 0 aromatic heterocycles. The summed E-state index contributed by atoms with van der Waals surface area (Å²) in [7, 11) is 0. The second-order valence-electron chi connectivity index (χ2n) is 6.39. The van der Waals surface area contributed by atoms with Gasteiger partial charge in [0.1, 0.15) is 5.76 Å². The largest absolute Gasteiger partial charge is 0.511 e. The fraction of sp³-hybridized carbons (Fsp3) is 0.238. The molecule has 2 aromatic carbocycles. The van der Waals surface area contributed by atoms with E-state index in [1.165, 1.54) is 11.8 Å². The lowest BCUT2D eigenvalue weighted by atomic mass is 9.83. The Labute approximate surface area is 142 Å². The number of nitrogens with zero attached hydrogens (tertiary/aromatic N) is 1. The maximum absolute atomic E-state index is 12.4.